The number of nitrogens with zero attached hydrogens (tertiary/aromatic N) is 1. The van der Waals surface area contributed by atoms with Crippen molar-refractivity contribution >= 4 is 56.1 Å². The van der Waals surface area contributed by atoms with Crippen molar-refractivity contribution in [3.63, 3.8) is 0 Å². The third-order valence-electron chi connectivity index (χ3n) is 3.86. The van der Waals surface area contributed by atoms with Crippen LogP contribution in [0.2, 0.25) is 5.02 Å². The van der Waals surface area contributed by atoms with E-state index in [-0.39, 0.29) is 17.7 Å². The number of carbonyl (C=O) groups excluding carboxylic acids is 2. The first-order chi connectivity index (χ1) is 11.0. The molecule has 7 heteroatoms. The number of amides is 2. The summed E-state index contributed by atoms with van der Waals surface area (Å²) in [6.45, 7) is 0.552. The van der Waals surface area contributed by atoms with Gasteiger partial charge in [0.1, 0.15) is 5.82 Å². The van der Waals surface area contributed by atoms with Gasteiger partial charge in [0.05, 0.1) is 10.5 Å². The van der Waals surface area contributed by atoms with Crippen molar-refractivity contribution in [3.8, 4) is 0 Å². The predicted molar refractivity (Wildman–Crippen MR) is 93.4 cm³/mol. The third kappa shape index (κ3) is 3.82. The van der Waals surface area contributed by atoms with Gasteiger partial charge < -0.3 is 10.6 Å². The number of aromatic nitrogens is 1. The first-order valence-electron chi connectivity index (χ1n) is 7.34. The molecule has 0 radical (unpaired) electrons. The maximum atomic E-state index is 12.1. The molecule has 0 aliphatic carbocycles. The fourth-order valence-electron chi connectivity index (χ4n) is 2.63. The van der Waals surface area contributed by atoms with E-state index in [4.69, 9.17) is 11.6 Å². The lowest BCUT2D eigenvalue weighted by atomic mass is 9.95. The Bertz CT molecular complexity index is 771. The minimum atomic E-state index is -0.107. The van der Waals surface area contributed by atoms with Gasteiger partial charge in [0, 0.05) is 29.2 Å². The van der Waals surface area contributed by atoms with Crippen molar-refractivity contribution in [2.24, 2.45) is 5.92 Å². The second-order valence-corrected chi connectivity index (χ2v) is 6.84. The predicted octanol–water partition coefficient (Wildman–Crippen LogP) is 3.51. The Labute approximate surface area is 146 Å². The maximum Gasteiger partial charge on any atom is 0.225 e. The Morgan fingerprint density at radius 1 is 1.39 bits per heavy atom. The monoisotopic (exact) mass is 395 g/mol. The van der Waals surface area contributed by atoms with Crippen molar-refractivity contribution in [1.29, 1.82) is 0 Å². The van der Waals surface area contributed by atoms with Gasteiger partial charge in [-0.25, -0.2) is 4.98 Å². The Balaban J connectivity index is 1.70. The van der Waals surface area contributed by atoms with Crippen LogP contribution >= 0.6 is 27.5 Å². The summed E-state index contributed by atoms with van der Waals surface area (Å²) in [5, 5.41) is 7.01. The first kappa shape index (κ1) is 16.2. The summed E-state index contributed by atoms with van der Waals surface area (Å²) < 4.78 is 0.903. The smallest absolute Gasteiger partial charge is 0.225 e. The number of nitrogens with one attached hydrogen (secondary N) is 2. The standard InChI is InChI=1S/C16H15BrClN3O2/c17-11-3-4-12(18)16-10(11)2-5-13(21-16)20-15(23)7-9-1-6-14(22)19-8-9/h2-5,9H,1,6-8H2,(H,19,22)(H,20,21,23). The van der Waals surface area contributed by atoms with Crippen molar-refractivity contribution in [1.82, 2.24) is 10.3 Å². The molecule has 0 bridgehead atoms. The molecule has 0 saturated carbocycles. The molecule has 1 atom stereocenters. The summed E-state index contributed by atoms with van der Waals surface area (Å²) in [7, 11) is 0. The van der Waals surface area contributed by atoms with Gasteiger partial charge in [0.15, 0.2) is 0 Å². The molecule has 23 heavy (non-hydrogen) atoms. The van der Waals surface area contributed by atoms with Crippen molar-refractivity contribution < 1.29 is 9.59 Å². The van der Waals surface area contributed by atoms with Gasteiger partial charge in [-0.15, -0.1) is 0 Å². The zero-order valence-electron chi connectivity index (χ0n) is 12.2. The first-order valence-corrected chi connectivity index (χ1v) is 8.51. The molecule has 2 heterocycles. The molecular formula is C16H15BrClN3O2. The number of anilines is 1. The highest BCUT2D eigenvalue weighted by atomic mass is 79.9. The van der Waals surface area contributed by atoms with Crippen LogP contribution in [0, 0.1) is 5.92 Å². The maximum absolute atomic E-state index is 12.1. The third-order valence-corrected chi connectivity index (χ3v) is 4.86. The highest BCUT2D eigenvalue weighted by Crippen LogP contribution is 2.29. The highest BCUT2D eigenvalue weighted by Gasteiger charge is 2.20. The largest absolute Gasteiger partial charge is 0.356 e. The van der Waals surface area contributed by atoms with Gasteiger partial charge in [-0.1, -0.05) is 27.5 Å². The van der Waals surface area contributed by atoms with Crippen molar-refractivity contribution in [2.45, 2.75) is 19.3 Å². The summed E-state index contributed by atoms with van der Waals surface area (Å²) in [5.74, 6) is 0.593. The minimum Gasteiger partial charge on any atom is -0.356 e. The molecule has 1 unspecified atom stereocenters. The number of halogens is 2. The second kappa shape index (κ2) is 6.84. The molecule has 1 fully saturated rings. The number of piperidine rings is 1. The number of benzene rings is 1. The van der Waals surface area contributed by atoms with E-state index in [0.717, 1.165) is 16.3 Å². The second-order valence-electron chi connectivity index (χ2n) is 5.58. The zero-order chi connectivity index (χ0) is 16.4. The molecule has 1 aliphatic heterocycles. The van der Waals surface area contributed by atoms with Crippen LogP contribution in [0.15, 0.2) is 28.7 Å². The summed E-state index contributed by atoms with van der Waals surface area (Å²) in [6.07, 6.45) is 1.59. The molecule has 1 aliphatic rings. The molecule has 2 amide bonds. The van der Waals surface area contributed by atoms with Gasteiger partial charge in [-0.05, 0) is 36.6 Å². The lowest BCUT2D eigenvalue weighted by Gasteiger charge is -2.21. The highest BCUT2D eigenvalue weighted by molar-refractivity contribution is 9.10. The van der Waals surface area contributed by atoms with Gasteiger partial charge in [-0.2, -0.15) is 0 Å². The lowest BCUT2D eigenvalue weighted by molar-refractivity contribution is -0.124. The number of rotatable bonds is 3. The molecule has 1 saturated heterocycles. The fourth-order valence-corrected chi connectivity index (χ4v) is 3.29. The Kier molecular flexibility index (Phi) is 4.82. The molecule has 120 valence electrons. The van der Waals surface area contributed by atoms with Gasteiger partial charge in [-0.3, -0.25) is 9.59 Å². The molecule has 1 aromatic heterocycles. The van der Waals surface area contributed by atoms with Crippen LogP contribution in [0.3, 0.4) is 0 Å². The van der Waals surface area contributed by atoms with Crippen LogP contribution in [-0.4, -0.2) is 23.3 Å². The van der Waals surface area contributed by atoms with Crippen LogP contribution in [0.5, 0.6) is 0 Å². The van der Waals surface area contributed by atoms with E-state index in [1.54, 1.807) is 12.1 Å². The van der Waals surface area contributed by atoms with Gasteiger partial charge >= 0.3 is 0 Å². The topological polar surface area (TPSA) is 71.1 Å². The van der Waals surface area contributed by atoms with E-state index >= 15 is 0 Å². The summed E-state index contributed by atoms with van der Waals surface area (Å²) in [6, 6.07) is 7.25. The molecule has 0 spiro atoms. The Morgan fingerprint density at radius 2 is 2.22 bits per heavy atom. The molecule has 2 aromatic rings. The van der Waals surface area contributed by atoms with E-state index in [2.05, 4.69) is 31.5 Å². The quantitative estimate of drug-likeness (QED) is 0.834. The van der Waals surface area contributed by atoms with Gasteiger partial charge in [0.2, 0.25) is 11.8 Å². The van der Waals surface area contributed by atoms with E-state index in [1.807, 2.05) is 12.1 Å². The van der Waals surface area contributed by atoms with E-state index in [0.29, 0.717) is 35.7 Å². The average molecular weight is 397 g/mol. The molecule has 3 rings (SSSR count). The Hall–Kier alpha value is -1.66. The molecule has 5 nitrogen and oxygen atoms in total. The summed E-state index contributed by atoms with van der Waals surface area (Å²) in [4.78, 5) is 27.7. The van der Waals surface area contributed by atoms with Crippen molar-refractivity contribution in [2.75, 3.05) is 11.9 Å². The van der Waals surface area contributed by atoms with Crippen LogP contribution in [0.4, 0.5) is 5.82 Å². The Morgan fingerprint density at radius 3 is 2.96 bits per heavy atom. The number of pyridine rings is 1. The van der Waals surface area contributed by atoms with E-state index < -0.39 is 0 Å². The SMILES string of the molecule is O=C1CCC(CC(=O)Nc2ccc3c(Br)ccc(Cl)c3n2)CN1. The van der Waals surface area contributed by atoms with Crippen LogP contribution in [-0.2, 0) is 9.59 Å². The number of carbonyl (C=O) groups is 2. The molecule has 2 N–H and O–H groups in total. The summed E-state index contributed by atoms with van der Waals surface area (Å²) >= 11 is 9.63. The summed E-state index contributed by atoms with van der Waals surface area (Å²) in [5.41, 5.74) is 0.642. The van der Waals surface area contributed by atoms with E-state index in [9.17, 15) is 9.59 Å². The number of hydrogen-bond donors (Lipinski definition) is 2. The van der Waals surface area contributed by atoms with Crippen molar-refractivity contribution in [3.05, 3.63) is 33.8 Å². The molecule has 1 aromatic carbocycles. The minimum absolute atomic E-state index is 0.0538. The van der Waals surface area contributed by atoms with Gasteiger partial charge in [0.25, 0.3) is 0 Å². The fraction of sp³-hybridized carbons (Fsp3) is 0.312. The number of fused-ring (bicyclic) bond motifs is 1. The van der Waals surface area contributed by atoms with Crippen LogP contribution in [0.25, 0.3) is 10.9 Å². The van der Waals surface area contributed by atoms with Crippen LogP contribution in [0.1, 0.15) is 19.3 Å². The average Bonchev–Trinajstić information content (AvgIpc) is 2.53. The van der Waals surface area contributed by atoms with Crippen LogP contribution < -0.4 is 10.6 Å². The zero-order valence-corrected chi connectivity index (χ0v) is 14.6. The molecular weight excluding hydrogens is 382 g/mol. The normalized spacial score (nSPS) is 17.8. The lowest BCUT2D eigenvalue weighted by Crippen LogP contribution is -2.36. The van der Waals surface area contributed by atoms with E-state index in [1.165, 1.54) is 0 Å². The number of hydrogen-bond acceptors (Lipinski definition) is 3.